The predicted octanol–water partition coefficient (Wildman–Crippen LogP) is 2.10. The summed E-state index contributed by atoms with van der Waals surface area (Å²) in [6, 6.07) is 4.84. The maximum absolute atomic E-state index is 11.9. The molecule has 0 aromatic heterocycles. The molecule has 0 saturated carbocycles. The minimum atomic E-state index is -0.544. The Morgan fingerprint density at radius 3 is 2.75 bits per heavy atom. The second-order valence-corrected chi connectivity index (χ2v) is 5.20. The fourth-order valence-electron chi connectivity index (χ4n) is 1.76. The molecule has 1 rings (SSSR count). The summed E-state index contributed by atoms with van der Waals surface area (Å²) in [4.78, 5) is 13.8. The number of hydrogen-bond acceptors (Lipinski definition) is 4. The van der Waals surface area contributed by atoms with Gasteiger partial charge >= 0.3 is 0 Å². The van der Waals surface area contributed by atoms with Gasteiger partial charge in [0.2, 0.25) is 5.91 Å². The number of carbonyl (C=O) groups is 1. The molecular weight excluding hydrogens is 278 g/mol. The van der Waals surface area contributed by atoms with Crippen molar-refractivity contribution >= 4 is 28.9 Å². The van der Waals surface area contributed by atoms with Gasteiger partial charge in [0, 0.05) is 33.5 Å². The van der Waals surface area contributed by atoms with E-state index in [1.165, 1.54) is 0 Å². The zero-order valence-corrected chi connectivity index (χ0v) is 12.9. The molecule has 1 amide bonds. The third-order valence-electron chi connectivity index (χ3n) is 2.90. The van der Waals surface area contributed by atoms with Crippen molar-refractivity contribution in [1.82, 2.24) is 0 Å². The maximum atomic E-state index is 11.9. The smallest absolute Gasteiger partial charge is 0.241 e. The van der Waals surface area contributed by atoms with E-state index in [9.17, 15) is 4.79 Å². The van der Waals surface area contributed by atoms with Gasteiger partial charge in [-0.2, -0.15) is 0 Å². The lowest BCUT2D eigenvalue weighted by Gasteiger charge is -2.16. The fourth-order valence-corrected chi connectivity index (χ4v) is 2.11. The van der Waals surface area contributed by atoms with Gasteiger partial charge in [0.05, 0.1) is 16.8 Å². The Balaban J connectivity index is 2.60. The van der Waals surface area contributed by atoms with Crippen molar-refractivity contribution in [2.24, 2.45) is 5.73 Å². The number of halogens is 1. The first-order chi connectivity index (χ1) is 9.45. The van der Waals surface area contributed by atoms with Gasteiger partial charge in [0.1, 0.15) is 0 Å². The van der Waals surface area contributed by atoms with Crippen LogP contribution in [0.2, 0.25) is 5.02 Å². The molecular formula is C14H22ClN3O2. The van der Waals surface area contributed by atoms with E-state index in [1.54, 1.807) is 19.2 Å². The van der Waals surface area contributed by atoms with E-state index in [1.807, 2.05) is 25.1 Å². The summed E-state index contributed by atoms with van der Waals surface area (Å²) in [5.74, 6) is -0.213. The molecule has 0 heterocycles. The Morgan fingerprint density at radius 1 is 1.50 bits per heavy atom. The number of nitrogens with one attached hydrogen (secondary N) is 1. The van der Waals surface area contributed by atoms with Crippen LogP contribution in [0.4, 0.5) is 11.4 Å². The highest BCUT2D eigenvalue weighted by molar-refractivity contribution is 6.33. The molecule has 0 bridgehead atoms. The molecule has 0 saturated heterocycles. The number of benzene rings is 1. The van der Waals surface area contributed by atoms with E-state index in [2.05, 4.69) is 5.32 Å². The molecule has 1 aromatic rings. The molecule has 0 fully saturated rings. The predicted molar refractivity (Wildman–Crippen MR) is 83.5 cm³/mol. The van der Waals surface area contributed by atoms with Crippen LogP contribution < -0.4 is 16.0 Å². The first-order valence-corrected chi connectivity index (χ1v) is 6.85. The lowest BCUT2D eigenvalue weighted by Crippen LogP contribution is -2.35. The SMILES string of the molecule is COCCCC(N)C(=O)Nc1ccc(N(C)C)c(Cl)c1. The van der Waals surface area contributed by atoms with E-state index in [4.69, 9.17) is 22.1 Å². The van der Waals surface area contributed by atoms with Crippen molar-refractivity contribution in [1.29, 1.82) is 0 Å². The summed E-state index contributed by atoms with van der Waals surface area (Å²) in [6.07, 6.45) is 1.34. The second kappa shape index (κ2) is 8.09. The monoisotopic (exact) mass is 299 g/mol. The Bertz CT molecular complexity index is 452. The van der Waals surface area contributed by atoms with Crippen LogP contribution in [0.3, 0.4) is 0 Å². The summed E-state index contributed by atoms with van der Waals surface area (Å²) in [6.45, 7) is 0.602. The molecule has 5 nitrogen and oxygen atoms in total. The number of anilines is 2. The van der Waals surface area contributed by atoms with Crippen molar-refractivity contribution in [2.45, 2.75) is 18.9 Å². The van der Waals surface area contributed by atoms with Gasteiger partial charge in [-0.3, -0.25) is 4.79 Å². The van der Waals surface area contributed by atoms with Crippen molar-refractivity contribution < 1.29 is 9.53 Å². The molecule has 1 unspecified atom stereocenters. The van der Waals surface area contributed by atoms with Crippen molar-refractivity contribution in [3.8, 4) is 0 Å². The lowest BCUT2D eigenvalue weighted by molar-refractivity contribution is -0.117. The average Bonchev–Trinajstić information content (AvgIpc) is 2.38. The van der Waals surface area contributed by atoms with Crippen LogP contribution in [0.15, 0.2) is 18.2 Å². The summed E-state index contributed by atoms with van der Waals surface area (Å²) in [5, 5.41) is 3.35. The molecule has 0 aliphatic heterocycles. The standard InChI is InChI=1S/C14H22ClN3O2/c1-18(2)13-7-6-10(9-11(13)15)17-14(19)12(16)5-4-8-20-3/h6-7,9,12H,4-5,8,16H2,1-3H3,(H,17,19). The van der Waals surface area contributed by atoms with Crippen molar-refractivity contribution in [3.63, 3.8) is 0 Å². The topological polar surface area (TPSA) is 67.6 Å². The zero-order valence-electron chi connectivity index (χ0n) is 12.1. The lowest BCUT2D eigenvalue weighted by atomic mass is 10.1. The van der Waals surface area contributed by atoms with E-state index in [0.29, 0.717) is 23.7 Å². The van der Waals surface area contributed by atoms with Gasteiger partial charge in [0.15, 0.2) is 0 Å². The van der Waals surface area contributed by atoms with E-state index in [-0.39, 0.29) is 5.91 Å². The molecule has 0 aliphatic carbocycles. The van der Waals surface area contributed by atoms with Crippen LogP contribution in [-0.2, 0) is 9.53 Å². The van der Waals surface area contributed by atoms with Gasteiger partial charge in [-0.15, -0.1) is 0 Å². The first-order valence-electron chi connectivity index (χ1n) is 6.48. The number of carbonyl (C=O) groups excluding carboxylic acids is 1. The fraction of sp³-hybridized carbons (Fsp3) is 0.500. The number of rotatable bonds is 7. The van der Waals surface area contributed by atoms with E-state index >= 15 is 0 Å². The largest absolute Gasteiger partial charge is 0.385 e. The quantitative estimate of drug-likeness (QED) is 0.757. The highest BCUT2D eigenvalue weighted by atomic mass is 35.5. The summed E-state index contributed by atoms with van der Waals surface area (Å²) < 4.78 is 4.93. The van der Waals surface area contributed by atoms with Gasteiger partial charge in [-0.1, -0.05) is 11.6 Å². The second-order valence-electron chi connectivity index (χ2n) is 4.79. The van der Waals surface area contributed by atoms with Crippen LogP contribution in [0.1, 0.15) is 12.8 Å². The third kappa shape index (κ3) is 5.00. The molecule has 6 heteroatoms. The summed E-state index contributed by atoms with van der Waals surface area (Å²) >= 11 is 6.15. The van der Waals surface area contributed by atoms with Crippen LogP contribution in [-0.4, -0.2) is 39.8 Å². The van der Waals surface area contributed by atoms with Crippen molar-refractivity contribution in [3.05, 3.63) is 23.2 Å². The van der Waals surface area contributed by atoms with Gasteiger partial charge < -0.3 is 20.7 Å². The molecule has 3 N–H and O–H groups in total. The molecule has 0 aliphatic rings. The minimum absolute atomic E-state index is 0.213. The number of amides is 1. The molecule has 0 spiro atoms. The molecule has 1 atom stereocenters. The number of ether oxygens (including phenoxy) is 1. The van der Waals surface area contributed by atoms with Gasteiger partial charge in [-0.25, -0.2) is 0 Å². The van der Waals surface area contributed by atoms with Gasteiger partial charge in [0.25, 0.3) is 0 Å². The zero-order chi connectivity index (χ0) is 15.1. The maximum Gasteiger partial charge on any atom is 0.241 e. The van der Waals surface area contributed by atoms with Crippen LogP contribution in [0.25, 0.3) is 0 Å². The first kappa shape index (κ1) is 16.8. The Hall–Kier alpha value is -1.30. The average molecular weight is 300 g/mol. The summed E-state index contributed by atoms with van der Waals surface area (Å²) in [5.41, 5.74) is 7.36. The molecule has 0 radical (unpaired) electrons. The Labute approximate surface area is 125 Å². The minimum Gasteiger partial charge on any atom is -0.385 e. The molecule has 112 valence electrons. The van der Waals surface area contributed by atoms with Gasteiger partial charge in [-0.05, 0) is 31.0 Å². The third-order valence-corrected chi connectivity index (χ3v) is 3.20. The highest BCUT2D eigenvalue weighted by Crippen LogP contribution is 2.27. The summed E-state index contributed by atoms with van der Waals surface area (Å²) in [7, 11) is 5.44. The normalized spacial score (nSPS) is 12.1. The van der Waals surface area contributed by atoms with Crippen LogP contribution in [0.5, 0.6) is 0 Å². The number of nitrogens with two attached hydrogens (primary N) is 1. The number of nitrogens with zero attached hydrogens (tertiary/aromatic N) is 1. The Morgan fingerprint density at radius 2 is 2.20 bits per heavy atom. The van der Waals surface area contributed by atoms with E-state index in [0.717, 1.165) is 12.1 Å². The Kier molecular flexibility index (Phi) is 6.78. The van der Waals surface area contributed by atoms with E-state index < -0.39 is 6.04 Å². The molecule has 1 aromatic carbocycles. The van der Waals surface area contributed by atoms with Crippen LogP contribution in [0, 0.1) is 0 Å². The highest BCUT2D eigenvalue weighted by Gasteiger charge is 2.14. The molecule has 20 heavy (non-hydrogen) atoms. The van der Waals surface area contributed by atoms with Crippen LogP contribution >= 0.6 is 11.6 Å². The van der Waals surface area contributed by atoms with Crippen molar-refractivity contribution in [2.75, 3.05) is 38.0 Å². The number of hydrogen-bond donors (Lipinski definition) is 2. The number of methoxy groups -OCH3 is 1.